The second-order valence-electron chi connectivity index (χ2n) is 4.69. The molecule has 4 heteroatoms. The van der Waals surface area contributed by atoms with Gasteiger partial charge in [0, 0.05) is 0 Å². The van der Waals surface area contributed by atoms with E-state index in [1.165, 1.54) is 25.4 Å². The van der Waals surface area contributed by atoms with Crippen LogP contribution in [-0.4, -0.2) is 26.2 Å². The average Bonchev–Trinajstić information content (AvgIpc) is 2.44. The Labute approximate surface area is 107 Å². The van der Waals surface area contributed by atoms with Gasteiger partial charge >= 0.3 is 11.9 Å². The van der Waals surface area contributed by atoms with Gasteiger partial charge in [-0.3, -0.25) is 9.59 Å². The number of rotatable bonds is 2. The molecular weight excluding hydrogens is 232 g/mol. The van der Waals surface area contributed by atoms with E-state index in [0.717, 1.165) is 25.7 Å². The third kappa shape index (κ3) is 2.33. The number of allylic oxidation sites excluding steroid dienone is 2. The van der Waals surface area contributed by atoms with Gasteiger partial charge in [-0.05, 0) is 36.8 Å². The van der Waals surface area contributed by atoms with Crippen molar-refractivity contribution in [3.8, 4) is 0 Å². The Morgan fingerprint density at radius 1 is 0.944 bits per heavy atom. The molecule has 0 N–H and O–H groups in total. The minimum Gasteiger partial charge on any atom is -0.469 e. The molecule has 98 valence electrons. The smallest absolute Gasteiger partial charge is 0.313 e. The topological polar surface area (TPSA) is 52.6 Å². The van der Waals surface area contributed by atoms with Crippen molar-refractivity contribution in [2.24, 2.45) is 11.8 Å². The van der Waals surface area contributed by atoms with Crippen molar-refractivity contribution in [2.45, 2.75) is 25.7 Å². The van der Waals surface area contributed by atoms with Crippen LogP contribution in [0.3, 0.4) is 0 Å². The van der Waals surface area contributed by atoms with Crippen LogP contribution in [0.25, 0.3) is 0 Å². The fourth-order valence-electron chi connectivity index (χ4n) is 2.68. The summed E-state index contributed by atoms with van der Waals surface area (Å²) < 4.78 is 9.55. The molecule has 1 fully saturated rings. The molecule has 0 aromatic carbocycles. The first kappa shape index (κ1) is 12.9. The van der Waals surface area contributed by atoms with Gasteiger partial charge in [-0.2, -0.15) is 0 Å². The lowest BCUT2D eigenvalue weighted by atomic mass is 9.77. The molecule has 0 bridgehead atoms. The third-order valence-corrected chi connectivity index (χ3v) is 3.65. The molecule has 0 unspecified atom stereocenters. The van der Waals surface area contributed by atoms with E-state index in [0.29, 0.717) is 0 Å². The molecule has 0 radical (unpaired) electrons. The van der Waals surface area contributed by atoms with Crippen molar-refractivity contribution in [2.75, 3.05) is 14.2 Å². The Kier molecular flexibility index (Phi) is 3.84. The maximum Gasteiger partial charge on any atom is 0.313 e. The summed E-state index contributed by atoms with van der Waals surface area (Å²) in [6.07, 6.45) is 8.02. The van der Waals surface area contributed by atoms with E-state index in [1.54, 1.807) is 0 Å². The Hall–Kier alpha value is -1.58. The summed E-state index contributed by atoms with van der Waals surface area (Å²) >= 11 is 0. The van der Waals surface area contributed by atoms with Gasteiger partial charge < -0.3 is 9.47 Å². The number of hydrogen-bond donors (Lipinski definition) is 0. The lowest BCUT2D eigenvalue weighted by Gasteiger charge is -2.28. The summed E-state index contributed by atoms with van der Waals surface area (Å²) in [5, 5.41) is 0. The summed E-state index contributed by atoms with van der Waals surface area (Å²) in [5.74, 6) is -1.84. The molecule has 2 atom stereocenters. The molecule has 2 aliphatic carbocycles. The number of esters is 2. The van der Waals surface area contributed by atoms with Gasteiger partial charge in [0.15, 0.2) is 0 Å². The van der Waals surface area contributed by atoms with Gasteiger partial charge in [-0.15, -0.1) is 0 Å². The first-order valence-corrected chi connectivity index (χ1v) is 6.24. The molecule has 2 aliphatic rings. The maximum absolute atomic E-state index is 11.8. The highest BCUT2D eigenvalue weighted by molar-refractivity contribution is 5.86. The molecule has 0 spiro atoms. The van der Waals surface area contributed by atoms with Crippen LogP contribution in [-0.2, 0) is 19.1 Å². The lowest BCUT2D eigenvalue weighted by Crippen LogP contribution is -2.32. The fourth-order valence-corrected chi connectivity index (χ4v) is 2.68. The van der Waals surface area contributed by atoms with Gasteiger partial charge in [0.25, 0.3) is 0 Å². The molecule has 1 saturated carbocycles. The van der Waals surface area contributed by atoms with Crippen LogP contribution < -0.4 is 0 Å². The predicted molar refractivity (Wildman–Crippen MR) is 65.6 cm³/mol. The molecular formula is C14H18O4. The summed E-state index contributed by atoms with van der Waals surface area (Å²) in [6, 6.07) is 0. The van der Waals surface area contributed by atoms with Crippen molar-refractivity contribution < 1.29 is 19.1 Å². The Bertz CT molecular complexity index is 380. The summed E-state index contributed by atoms with van der Waals surface area (Å²) in [4.78, 5) is 23.5. The fraction of sp³-hybridized carbons (Fsp3) is 0.571. The minimum absolute atomic E-state index is 0.376. The number of carbonyl (C=O) groups excluding carboxylic acids is 2. The number of ether oxygens (including phenoxy) is 2. The molecule has 0 aromatic rings. The zero-order chi connectivity index (χ0) is 13.1. The van der Waals surface area contributed by atoms with Crippen LogP contribution in [0.4, 0.5) is 0 Å². The van der Waals surface area contributed by atoms with Crippen molar-refractivity contribution in [1.82, 2.24) is 0 Å². The number of fused-ring (bicyclic) bond motifs is 1. The van der Waals surface area contributed by atoms with Gasteiger partial charge in [0.2, 0.25) is 0 Å². The Morgan fingerprint density at radius 2 is 1.33 bits per heavy atom. The first-order chi connectivity index (χ1) is 8.67. The van der Waals surface area contributed by atoms with E-state index in [1.807, 2.05) is 12.2 Å². The summed E-state index contributed by atoms with van der Waals surface area (Å²) in [7, 11) is 2.69. The first-order valence-electron chi connectivity index (χ1n) is 6.24. The van der Waals surface area contributed by atoms with E-state index in [2.05, 4.69) is 0 Å². The molecule has 18 heavy (non-hydrogen) atoms. The average molecular weight is 250 g/mol. The van der Waals surface area contributed by atoms with Crippen molar-refractivity contribution in [1.29, 1.82) is 0 Å². The maximum atomic E-state index is 11.8. The highest BCUT2D eigenvalue weighted by Crippen LogP contribution is 2.37. The summed E-state index contributed by atoms with van der Waals surface area (Å²) in [6.45, 7) is 0. The van der Waals surface area contributed by atoms with Gasteiger partial charge in [0.05, 0.1) is 26.1 Å². The van der Waals surface area contributed by atoms with Crippen molar-refractivity contribution in [3.63, 3.8) is 0 Å². The van der Waals surface area contributed by atoms with Crippen LogP contribution in [0.15, 0.2) is 23.3 Å². The molecule has 0 aliphatic heterocycles. The molecule has 0 aromatic heterocycles. The molecule has 4 nitrogen and oxygen atoms in total. The molecule has 0 amide bonds. The Morgan fingerprint density at radius 3 is 1.67 bits per heavy atom. The van der Waals surface area contributed by atoms with Gasteiger partial charge in [-0.1, -0.05) is 12.2 Å². The molecule has 2 rings (SSSR count). The Balaban J connectivity index is 2.31. The van der Waals surface area contributed by atoms with E-state index in [9.17, 15) is 9.59 Å². The zero-order valence-electron chi connectivity index (χ0n) is 10.8. The van der Waals surface area contributed by atoms with E-state index >= 15 is 0 Å². The number of hydrogen-bond acceptors (Lipinski definition) is 4. The van der Waals surface area contributed by atoms with Crippen molar-refractivity contribution >= 4 is 11.9 Å². The standard InChI is InChI=1S/C14H18O4/c1-17-13(15)11-7-9-5-3-4-6-10(9)8-12(11)14(16)18-2/h7-8,11-12H,3-6H2,1-2H3/t11-,12+. The van der Waals surface area contributed by atoms with E-state index in [-0.39, 0.29) is 11.9 Å². The predicted octanol–water partition coefficient (Wildman–Crippen LogP) is 2.01. The highest BCUT2D eigenvalue weighted by atomic mass is 16.5. The number of methoxy groups -OCH3 is 2. The normalized spacial score (nSPS) is 26.6. The van der Waals surface area contributed by atoms with Crippen LogP contribution in [0.5, 0.6) is 0 Å². The highest BCUT2D eigenvalue weighted by Gasteiger charge is 2.36. The third-order valence-electron chi connectivity index (χ3n) is 3.65. The second kappa shape index (κ2) is 5.38. The minimum atomic E-state index is -0.542. The van der Waals surface area contributed by atoms with Crippen LogP contribution in [0.2, 0.25) is 0 Å². The van der Waals surface area contributed by atoms with Gasteiger partial charge in [0.1, 0.15) is 0 Å². The lowest BCUT2D eigenvalue weighted by molar-refractivity contribution is -0.153. The summed E-state index contributed by atoms with van der Waals surface area (Å²) in [5.41, 5.74) is 2.38. The van der Waals surface area contributed by atoms with Crippen molar-refractivity contribution in [3.05, 3.63) is 23.3 Å². The largest absolute Gasteiger partial charge is 0.469 e. The van der Waals surface area contributed by atoms with E-state index in [4.69, 9.17) is 9.47 Å². The second-order valence-corrected chi connectivity index (χ2v) is 4.69. The monoisotopic (exact) mass is 250 g/mol. The van der Waals surface area contributed by atoms with Crippen LogP contribution >= 0.6 is 0 Å². The molecule has 0 heterocycles. The van der Waals surface area contributed by atoms with Gasteiger partial charge in [-0.25, -0.2) is 0 Å². The van der Waals surface area contributed by atoms with E-state index < -0.39 is 11.8 Å². The van der Waals surface area contributed by atoms with Crippen LogP contribution in [0.1, 0.15) is 25.7 Å². The quantitative estimate of drug-likeness (QED) is 0.703. The van der Waals surface area contributed by atoms with Crippen LogP contribution in [0, 0.1) is 11.8 Å². The SMILES string of the molecule is COC(=O)[C@H]1C=C2CCCCC2=C[C@H]1C(=O)OC. The zero-order valence-corrected chi connectivity index (χ0v) is 10.8. The molecule has 0 saturated heterocycles. The number of carbonyl (C=O) groups is 2.